The molecule has 18 heavy (non-hydrogen) atoms. The van der Waals surface area contributed by atoms with Crippen molar-refractivity contribution in [1.82, 2.24) is 0 Å². The largest absolute Gasteiger partial charge is 0.151 e. The summed E-state index contributed by atoms with van der Waals surface area (Å²) < 4.78 is -1.67. The van der Waals surface area contributed by atoms with E-state index in [1.165, 1.54) is 0 Å². The quantitative estimate of drug-likeness (QED) is 0.475. The third kappa shape index (κ3) is 4.13. The van der Waals surface area contributed by atoms with Crippen molar-refractivity contribution in [3.05, 3.63) is 47.9 Å². The minimum atomic E-state index is -0.833. The van der Waals surface area contributed by atoms with Crippen LogP contribution in [0.3, 0.4) is 0 Å². The first-order valence-corrected chi connectivity index (χ1v) is 6.84. The molecular formula is C12H10Cl4N2. The Labute approximate surface area is 126 Å². The summed E-state index contributed by atoms with van der Waals surface area (Å²) in [6.07, 6.45) is 11.6. The van der Waals surface area contributed by atoms with Crippen molar-refractivity contribution in [3.8, 4) is 0 Å². The van der Waals surface area contributed by atoms with Crippen LogP contribution in [0.2, 0.25) is 0 Å². The molecule has 0 aromatic heterocycles. The van der Waals surface area contributed by atoms with Crippen LogP contribution in [-0.2, 0) is 0 Å². The molecule has 0 amide bonds. The predicted octanol–water partition coefficient (Wildman–Crippen LogP) is 5.47. The highest BCUT2D eigenvalue weighted by Crippen LogP contribution is 2.33. The van der Waals surface area contributed by atoms with Gasteiger partial charge in [-0.25, -0.2) is 0 Å². The Morgan fingerprint density at radius 2 is 1.17 bits per heavy atom. The molecule has 0 bridgehead atoms. The Morgan fingerprint density at radius 1 is 0.778 bits per heavy atom. The minimum Gasteiger partial charge on any atom is -0.151 e. The van der Waals surface area contributed by atoms with Crippen LogP contribution in [-0.4, -0.2) is 8.67 Å². The van der Waals surface area contributed by atoms with Crippen molar-refractivity contribution in [1.29, 1.82) is 0 Å². The van der Waals surface area contributed by atoms with Crippen LogP contribution in [0.15, 0.2) is 58.1 Å². The fourth-order valence-electron chi connectivity index (χ4n) is 1.43. The fraction of sp³-hybridized carbons (Fsp3) is 0.333. The monoisotopic (exact) mass is 322 g/mol. The van der Waals surface area contributed by atoms with Crippen LogP contribution in [0.5, 0.6) is 0 Å². The number of allylic oxidation sites excluding steroid dienone is 6. The zero-order chi connectivity index (χ0) is 13.2. The van der Waals surface area contributed by atoms with Crippen molar-refractivity contribution in [2.24, 2.45) is 10.2 Å². The van der Waals surface area contributed by atoms with Gasteiger partial charge in [0.2, 0.25) is 0 Å². The summed E-state index contributed by atoms with van der Waals surface area (Å²) in [6, 6.07) is 0. The van der Waals surface area contributed by atoms with Crippen LogP contribution < -0.4 is 0 Å². The van der Waals surface area contributed by atoms with Crippen LogP contribution in [0.4, 0.5) is 0 Å². The molecule has 0 aliphatic heterocycles. The molecule has 0 spiro atoms. The van der Waals surface area contributed by atoms with Crippen LogP contribution in [0, 0.1) is 0 Å². The van der Waals surface area contributed by atoms with Gasteiger partial charge in [-0.15, -0.1) is 0 Å². The first-order valence-electron chi connectivity index (χ1n) is 5.33. The maximum Gasteiger partial charge on any atom is 0.140 e. The van der Waals surface area contributed by atoms with Crippen molar-refractivity contribution in [3.63, 3.8) is 0 Å². The zero-order valence-electron chi connectivity index (χ0n) is 9.28. The fourth-order valence-corrected chi connectivity index (χ4v) is 1.99. The van der Waals surface area contributed by atoms with Gasteiger partial charge in [-0.2, -0.15) is 10.2 Å². The van der Waals surface area contributed by atoms with Crippen molar-refractivity contribution in [2.45, 2.75) is 21.5 Å². The molecule has 0 aromatic carbocycles. The average Bonchev–Trinajstić information content (AvgIpc) is 2.29. The molecule has 0 heterocycles. The van der Waals surface area contributed by atoms with Gasteiger partial charge in [0.15, 0.2) is 0 Å². The van der Waals surface area contributed by atoms with Gasteiger partial charge < -0.3 is 0 Å². The zero-order valence-corrected chi connectivity index (χ0v) is 12.3. The van der Waals surface area contributed by atoms with E-state index in [1.807, 2.05) is 12.2 Å². The highest BCUT2D eigenvalue weighted by Gasteiger charge is 2.22. The highest BCUT2D eigenvalue weighted by atomic mass is 35.5. The van der Waals surface area contributed by atoms with Crippen molar-refractivity contribution < 1.29 is 0 Å². The number of nitrogens with zero attached hydrogens (tertiary/aromatic N) is 2. The summed E-state index contributed by atoms with van der Waals surface area (Å²) in [7, 11) is 0. The summed E-state index contributed by atoms with van der Waals surface area (Å²) >= 11 is 23.7. The van der Waals surface area contributed by atoms with E-state index in [0.717, 1.165) is 11.4 Å². The number of azo groups is 1. The molecule has 0 unspecified atom stereocenters. The molecule has 0 atom stereocenters. The van der Waals surface area contributed by atoms with Gasteiger partial charge in [-0.05, 0) is 24.3 Å². The van der Waals surface area contributed by atoms with E-state index in [4.69, 9.17) is 46.4 Å². The number of hydrogen-bond donors (Lipinski definition) is 0. The lowest BCUT2D eigenvalue weighted by Gasteiger charge is -2.16. The molecule has 0 N–H and O–H groups in total. The van der Waals surface area contributed by atoms with E-state index >= 15 is 0 Å². The van der Waals surface area contributed by atoms with E-state index in [2.05, 4.69) is 10.2 Å². The second-order valence-corrected chi connectivity index (χ2v) is 7.14. The first kappa shape index (κ1) is 14.1. The van der Waals surface area contributed by atoms with Gasteiger partial charge in [-0.1, -0.05) is 58.6 Å². The maximum absolute atomic E-state index is 5.93. The number of halogens is 4. The van der Waals surface area contributed by atoms with Crippen LogP contribution in [0.1, 0.15) is 12.8 Å². The maximum atomic E-state index is 5.93. The molecule has 0 saturated carbocycles. The summed E-state index contributed by atoms with van der Waals surface area (Å²) in [5.74, 6) is 0. The lowest BCUT2D eigenvalue weighted by Crippen LogP contribution is -2.10. The molecule has 0 aromatic rings. The molecule has 96 valence electrons. The van der Waals surface area contributed by atoms with Gasteiger partial charge in [0.1, 0.15) is 8.67 Å². The second-order valence-electron chi connectivity index (χ2n) is 4.05. The van der Waals surface area contributed by atoms with Gasteiger partial charge in [0.05, 0.1) is 11.4 Å². The minimum absolute atomic E-state index is 0.516. The summed E-state index contributed by atoms with van der Waals surface area (Å²) in [6.45, 7) is 0. The number of alkyl halides is 4. The Hall–Kier alpha value is -0.280. The Kier molecular flexibility index (Phi) is 4.22. The molecule has 6 heteroatoms. The van der Waals surface area contributed by atoms with Gasteiger partial charge in [-0.3, -0.25) is 0 Å². The molecule has 2 rings (SSSR count). The Bertz CT molecular complexity index is 440. The third-order valence-corrected chi connectivity index (χ3v) is 3.56. The van der Waals surface area contributed by atoms with E-state index < -0.39 is 8.67 Å². The summed E-state index contributed by atoms with van der Waals surface area (Å²) in [5.41, 5.74) is 1.46. The molecular weight excluding hydrogens is 314 g/mol. The summed E-state index contributed by atoms with van der Waals surface area (Å²) in [4.78, 5) is 0. The number of rotatable bonds is 2. The smallest absolute Gasteiger partial charge is 0.140 e. The van der Waals surface area contributed by atoms with Crippen molar-refractivity contribution >= 4 is 46.4 Å². The molecule has 0 radical (unpaired) electrons. The third-order valence-electron chi connectivity index (χ3n) is 2.44. The Morgan fingerprint density at radius 3 is 1.44 bits per heavy atom. The van der Waals surface area contributed by atoms with Crippen LogP contribution >= 0.6 is 46.4 Å². The van der Waals surface area contributed by atoms with Crippen LogP contribution in [0.25, 0.3) is 0 Å². The normalized spacial score (nSPS) is 25.1. The molecule has 2 aliphatic rings. The van der Waals surface area contributed by atoms with E-state index in [1.54, 1.807) is 24.3 Å². The predicted molar refractivity (Wildman–Crippen MR) is 77.4 cm³/mol. The standard InChI is InChI=1S/C12H10Cl4N2/c13-11(14)5-1-9(2-6-11)17-18-10-3-7-12(15,16)8-4-10/h1-5,7H,6,8H2. The van der Waals surface area contributed by atoms with Crippen molar-refractivity contribution in [2.75, 3.05) is 0 Å². The average molecular weight is 324 g/mol. The van der Waals surface area contributed by atoms with Gasteiger partial charge >= 0.3 is 0 Å². The lowest BCUT2D eigenvalue weighted by atomic mass is 10.1. The first-order chi connectivity index (χ1) is 8.36. The molecule has 0 saturated heterocycles. The van der Waals surface area contributed by atoms with E-state index in [0.29, 0.717) is 12.8 Å². The summed E-state index contributed by atoms with van der Waals surface area (Å²) in [5, 5.41) is 8.19. The second kappa shape index (κ2) is 5.38. The van der Waals surface area contributed by atoms with E-state index in [-0.39, 0.29) is 0 Å². The molecule has 2 aliphatic carbocycles. The van der Waals surface area contributed by atoms with Gasteiger partial charge in [0.25, 0.3) is 0 Å². The Balaban J connectivity index is 1.98. The lowest BCUT2D eigenvalue weighted by molar-refractivity contribution is 0.915. The highest BCUT2D eigenvalue weighted by molar-refractivity contribution is 6.50. The molecule has 2 nitrogen and oxygen atoms in total. The van der Waals surface area contributed by atoms with Gasteiger partial charge in [0, 0.05) is 12.8 Å². The molecule has 0 fully saturated rings. The topological polar surface area (TPSA) is 24.7 Å². The van der Waals surface area contributed by atoms with E-state index in [9.17, 15) is 0 Å². The SMILES string of the molecule is ClC1(Cl)C=CC(N=NC2=CCC(Cl)(Cl)C=C2)=CC1. The number of hydrogen-bond acceptors (Lipinski definition) is 2.